The summed E-state index contributed by atoms with van der Waals surface area (Å²) in [5.74, 6) is 0.860. The van der Waals surface area contributed by atoms with Gasteiger partial charge >= 0.3 is 12.0 Å². The predicted octanol–water partition coefficient (Wildman–Crippen LogP) is 2.90. The average molecular weight is 302 g/mol. The molecule has 1 saturated heterocycles. The largest absolute Gasteiger partial charge is 0.465 e. The molecular formula is C17H22N2O3. The van der Waals surface area contributed by atoms with Gasteiger partial charge in [0.1, 0.15) is 0 Å². The molecule has 0 bridgehead atoms. The number of methoxy groups -OCH3 is 1. The molecular weight excluding hydrogens is 280 g/mol. The number of carbonyl (C=O) groups excluding carboxylic acids is 2. The fraction of sp³-hybridized carbons (Fsp3) is 0.529. The van der Waals surface area contributed by atoms with Gasteiger partial charge in [-0.25, -0.2) is 9.59 Å². The average Bonchev–Trinajstić information content (AvgIpc) is 2.86. The van der Waals surface area contributed by atoms with Gasteiger partial charge in [0, 0.05) is 18.8 Å². The third-order valence-electron chi connectivity index (χ3n) is 5.39. The first-order valence-electron chi connectivity index (χ1n) is 7.60. The number of piperidine rings is 1. The maximum absolute atomic E-state index is 12.4. The molecule has 1 aliphatic heterocycles. The number of hydrogen-bond acceptors (Lipinski definition) is 3. The number of likely N-dealkylation sites (tertiary alicyclic amines) is 1. The number of amides is 2. The van der Waals surface area contributed by atoms with Crippen molar-refractivity contribution in [1.29, 1.82) is 0 Å². The van der Waals surface area contributed by atoms with Crippen molar-refractivity contribution >= 4 is 17.7 Å². The fourth-order valence-corrected chi connectivity index (χ4v) is 3.59. The van der Waals surface area contributed by atoms with Crippen molar-refractivity contribution in [1.82, 2.24) is 4.90 Å². The van der Waals surface area contributed by atoms with Crippen LogP contribution in [0.4, 0.5) is 10.5 Å². The smallest absolute Gasteiger partial charge is 0.338 e. The first kappa shape index (κ1) is 14.9. The molecule has 2 amide bonds. The summed E-state index contributed by atoms with van der Waals surface area (Å²) in [4.78, 5) is 26.0. The Balaban J connectivity index is 1.69. The standard InChI is InChI=1S/C17H22N2O3/c1-10-11(15(20)22-4)6-5-7-14(10)18-16(21)19-8-12-13(9-19)17(12,2)3/h5-7,12-13H,8-9H2,1-4H3,(H,18,21)/t12-,13+. The molecule has 22 heavy (non-hydrogen) atoms. The molecule has 1 heterocycles. The maximum Gasteiger partial charge on any atom is 0.338 e. The molecule has 0 unspecified atom stereocenters. The Morgan fingerprint density at radius 1 is 1.27 bits per heavy atom. The van der Waals surface area contributed by atoms with Crippen LogP contribution < -0.4 is 5.32 Å². The number of rotatable bonds is 2. The highest BCUT2D eigenvalue weighted by Gasteiger charge is 2.62. The van der Waals surface area contributed by atoms with E-state index in [0.29, 0.717) is 28.5 Å². The molecule has 3 rings (SSSR count). The lowest BCUT2D eigenvalue weighted by atomic mass is 10.1. The lowest BCUT2D eigenvalue weighted by Crippen LogP contribution is -2.36. The molecule has 1 aliphatic carbocycles. The molecule has 1 aromatic carbocycles. The zero-order chi connectivity index (χ0) is 16.1. The Bertz CT molecular complexity index is 625. The third-order valence-corrected chi connectivity index (χ3v) is 5.39. The van der Waals surface area contributed by atoms with Crippen LogP contribution in [0.5, 0.6) is 0 Å². The zero-order valence-corrected chi connectivity index (χ0v) is 13.5. The van der Waals surface area contributed by atoms with E-state index in [1.165, 1.54) is 7.11 Å². The normalized spacial score (nSPS) is 24.6. The van der Waals surface area contributed by atoms with E-state index in [1.807, 2.05) is 11.8 Å². The number of esters is 1. The van der Waals surface area contributed by atoms with Crippen molar-refractivity contribution in [2.24, 2.45) is 17.3 Å². The highest BCUT2D eigenvalue weighted by molar-refractivity contribution is 5.96. The second-order valence-corrected chi connectivity index (χ2v) is 6.84. The second kappa shape index (κ2) is 5.00. The SMILES string of the molecule is COC(=O)c1cccc(NC(=O)N2C[C@@H]3[C@H](C2)C3(C)C)c1C. The fourth-order valence-electron chi connectivity index (χ4n) is 3.59. The highest BCUT2D eigenvalue weighted by Crippen LogP contribution is 2.61. The van der Waals surface area contributed by atoms with E-state index in [1.54, 1.807) is 18.2 Å². The highest BCUT2D eigenvalue weighted by atomic mass is 16.5. The zero-order valence-electron chi connectivity index (χ0n) is 13.5. The summed E-state index contributed by atoms with van der Waals surface area (Å²) < 4.78 is 4.76. The van der Waals surface area contributed by atoms with Crippen LogP contribution in [0.1, 0.15) is 29.8 Å². The molecule has 1 N–H and O–H groups in total. The van der Waals surface area contributed by atoms with Gasteiger partial charge in [-0.1, -0.05) is 19.9 Å². The van der Waals surface area contributed by atoms with Crippen LogP contribution in [-0.4, -0.2) is 37.1 Å². The van der Waals surface area contributed by atoms with Crippen LogP contribution in [0.25, 0.3) is 0 Å². The molecule has 0 aromatic heterocycles. The topological polar surface area (TPSA) is 58.6 Å². The Labute approximate surface area is 130 Å². The Morgan fingerprint density at radius 2 is 1.91 bits per heavy atom. The summed E-state index contributed by atoms with van der Waals surface area (Å²) in [5.41, 5.74) is 2.25. The van der Waals surface area contributed by atoms with E-state index in [0.717, 1.165) is 18.7 Å². The number of nitrogens with one attached hydrogen (secondary N) is 1. The molecule has 0 radical (unpaired) electrons. The molecule has 2 atom stereocenters. The maximum atomic E-state index is 12.4. The molecule has 5 nitrogen and oxygen atoms in total. The number of ether oxygens (including phenoxy) is 1. The van der Waals surface area contributed by atoms with E-state index >= 15 is 0 Å². The van der Waals surface area contributed by atoms with Crippen LogP contribution in [0.3, 0.4) is 0 Å². The number of fused-ring (bicyclic) bond motifs is 1. The van der Waals surface area contributed by atoms with Gasteiger partial charge in [-0.3, -0.25) is 0 Å². The van der Waals surface area contributed by atoms with Gasteiger partial charge in [-0.2, -0.15) is 0 Å². The van der Waals surface area contributed by atoms with Crippen molar-refractivity contribution < 1.29 is 14.3 Å². The van der Waals surface area contributed by atoms with E-state index in [4.69, 9.17) is 4.74 Å². The van der Waals surface area contributed by atoms with Gasteiger partial charge in [0.05, 0.1) is 12.7 Å². The number of carbonyl (C=O) groups is 2. The van der Waals surface area contributed by atoms with E-state index < -0.39 is 5.97 Å². The van der Waals surface area contributed by atoms with Crippen molar-refractivity contribution in [2.75, 3.05) is 25.5 Å². The minimum absolute atomic E-state index is 0.0897. The second-order valence-electron chi connectivity index (χ2n) is 6.84. The third kappa shape index (κ3) is 2.25. The number of anilines is 1. The predicted molar refractivity (Wildman–Crippen MR) is 83.9 cm³/mol. The van der Waals surface area contributed by atoms with Crippen LogP contribution in [-0.2, 0) is 4.74 Å². The van der Waals surface area contributed by atoms with Gasteiger partial charge in [-0.15, -0.1) is 0 Å². The number of benzene rings is 1. The summed E-state index contributed by atoms with van der Waals surface area (Å²) >= 11 is 0. The summed E-state index contributed by atoms with van der Waals surface area (Å²) in [6, 6.07) is 5.16. The molecule has 118 valence electrons. The number of urea groups is 1. The van der Waals surface area contributed by atoms with E-state index in [9.17, 15) is 9.59 Å². The van der Waals surface area contributed by atoms with Crippen molar-refractivity contribution in [3.8, 4) is 0 Å². The lowest BCUT2D eigenvalue weighted by molar-refractivity contribution is 0.0600. The van der Waals surface area contributed by atoms with Crippen LogP contribution in [0, 0.1) is 24.2 Å². The molecule has 1 aromatic rings. The summed E-state index contributed by atoms with van der Waals surface area (Å²) in [5, 5.41) is 2.92. The molecule has 1 saturated carbocycles. The molecule has 2 fully saturated rings. The minimum atomic E-state index is -0.391. The Morgan fingerprint density at radius 3 is 2.50 bits per heavy atom. The summed E-state index contributed by atoms with van der Waals surface area (Å²) in [7, 11) is 1.35. The van der Waals surface area contributed by atoms with Crippen molar-refractivity contribution in [2.45, 2.75) is 20.8 Å². The van der Waals surface area contributed by atoms with E-state index in [-0.39, 0.29) is 6.03 Å². The lowest BCUT2D eigenvalue weighted by Gasteiger charge is -2.23. The molecule has 0 spiro atoms. The number of hydrogen-bond donors (Lipinski definition) is 1. The van der Waals surface area contributed by atoms with Gasteiger partial charge in [-0.05, 0) is 41.9 Å². The first-order valence-corrected chi connectivity index (χ1v) is 7.60. The van der Waals surface area contributed by atoms with Gasteiger partial charge in [0.15, 0.2) is 0 Å². The van der Waals surface area contributed by atoms with Crippen molar-refractivity contribution in [3.63, 3.8) is 0 Å². The summed E-state index contributed by atoms with van der Waals surface area (Å²) in [6.07, 6.45) is 0. The van der Waals surface area contributed by atoms with Crippen LogP contribution in [0.2, 0.25) is 0 Å². The monoisotopic (exact) mass is 302 g/mol. The minimum Gasteiger partial charge on any atom is -0.465 e. The van der Waals surface area contributed by atoms with E-state index in [2.05, 4.69) is 19.2 Å². The van der Waals surface area contributed by atoms with Crippen LogP contribution >= 0.6 is 0 Å². The van der Waals surface area contributed by atoms with Gasteiger partial charge in [0.2, 0.25) is 0 Å². The molecule has 5 heteroatoms. The Hall–Kier alpha value is -2.04. The van der Waals surface area contributed by atoms with Crippen molar-refractivity contribution in [3.05, 3.63) is 29.3 Å². The number of nitrogens with zero attached hydrogens (tertiary/aromatic N) is 1. The quantitative estimate of drug-likeness (QED) is 0.855. The molecule has 2 aliphatic rings. The Kier molecular flexibility index (Phi) is 3.38. The van der Waals surface area contributed by atoms with Gasteiger partial charge in [0.25, 0.3) is 0 Å². The summed E-state index contributed by atoms with van der Waals surface area (Å²) in [6.45, 7) is 7.98. The van der Waals surface area contributed by atoms with Crippen LogP contribution in [0.15, 0.2) is 18.2 Å². The van der Waals surface area contributed by atoms with Gasteiger partial charge < -0.3 is 15.0 Å². The first-order chi connectivity index (χ1) is 10.4.